The molecule has 6 nitrogen and oxygen atoms in total. The first-order valence-corrected chi connectivity index (χ1v) is 10.8. The molecule has 27 heavy (non-hydrogen) atoms. The second-order valence-corrected chi connectivity index (χ2v) is 9.00. The third kappa shape index (κ3) is 3.27. The number of fused-ring (bicyclic) bond motifs is 2. The molecule has 1 atom stereocenters. The van der Waals surface area contributed by atoms with Gasteiger partial charge in [0.05, 0.1) is 18.5 Å². The van der Waals surface area contributed by atoms with E-state index < -0.39 is 16.1 Å². The lowest BCUT2D eigenvalue weighted by Gasteiger charge is -2.37. The average Bonchev–Trinajstić information content (AvgIpc) is 2.65. The lowest BCUT2D eigenvalue weighted by molar-refractivity contribution is -0.125. The molecule has 0 unspecified atom stereocenters. The van der Waals surface area contributed by atoms with Gasteiger partial charge in [0.25, 0.3) is 5.91 Å². The summed E-state index contributed by atoms with van der Waals surface area (Å²) in [5.41, 5.74) is 3.43. The number of amides is 1. The molecule has 1 amide bonds. The van der Waals surface area contributed by atoms with Crippen molar-refractivity contribution in [1.82, 2.24) is 0 Å². The number of hydrogen-bond donors (Lipinski definition) is 0. The predicted molar refractivity (Wildman–Crippen MR) is 105 cm³/mol. The Morgan fingerprint density at radius 1 is 1.15 bits per heavy atom. The number of ether oxygens (including phenoxy) is 1. The fourth-order valence-electron chi connectivity index (χ4n) is 3.74. The number of rotatable bonds is 2. The normalized spacial score (nSPS) is 19.1. The molecule has 2 aromatic carbocycles. The topological polar surface area (TPSA) is 66.9 Å². The van der Waals surface area contributed by atoms with Gasteiger partial charge in [-0.2, -0.15) is 0 Å². The van der Waals surface area contributed by atoms with Crippen molar-refractivity contribution < 1.29 is 17.9 Å². The summed E-state index contributed by atoms with van der Waals surface area (Å²) in [5.74, 6) is 0.211. The minimum absolute atomic E-state index is 0.0210. The van der Waals surface area contributed by atoms with Crippen LogP contribution in [-0.2, 0) is 21.2 Å². The van der Waals surface area contributed by atoms with Crippen molar-refractivity contribution in [2.45, 2.75) is 25.9 Å². The van der Waals surface area contributed by atoms with Gasteiger partial charge in [-0.1, -0.05) is 24.3 Å². The van der Waals surface area contributed by atoms with Gasteiger partial charge in [-0.25, -0.2) is 8.42 Å². The van der Waals surface area contributed by atoms with Gasteiger partial charge >= 0.3 is 0 Å². The molecule has 0 saturated carbocycles. The van der Waals surface area contributed by atoms with E-state index in [1.807, 2.05) is 37.3 Å². The van der Waals surface area contributed by atoms with E-state index in [9.17, 15) is 13.2 Å². The maximum absolute atomic E-state index is 13.2. The Hall–Kier alpha value is -2.54. The van der Waals surface area contributed by atoms with Crippen molar-refractivity contribution in [3.63, 3.8) is 0 Å². The van der Waals surface area contributed by atoms with Crippen molar-refractivity contribution >= 4 is 27.3 Å². The zero-order valence-electron chi connectivity index (χ0n) is 15.4. The molecule has 2 heterocycles. The van der Waals surface area contributed by atoms with Crippen LogP contribution in [0.15, 0.2) is 42.5 Å². The summed E-state index contributed by atoms with van der Waals surface area (Å²) < 4.78 is 31.9. The van der Waals surface area contributed by atoms with E-state index in [0.29, 0.717) is 18.0 Å². The number of carbonyl (C=O) groups excluding carboxylic acids is 1. The Bertz CT molecular complexity index is 1000. The maximum atomic E-state index is 13.2. The Morgan fingerprint density at radius 3 is 2.70 bits per heavy atom. The van der Waals surface area contributed by atoms with E-state index >= 15 is 0 Å². The number of anilines is 2. The molecule has 0 aliphatic carbocycles. The van der Waals surface area contributed by atoms with Crippen LogP contribution in [0.4, 0.5) is 11.4 Å². The second kappa shape index (κ2) is 6.56. The number of carbonyl (C=O) groups is 1. The standard InChI is InChI=1S/C20H22N2O4S/c1-14-9-10-18-17(12-14)22(27(2,24)25)13-19(26-18)20(23)21-11-5-7-15-6-3-4-8-16(15)21/h3-4,6,8-10,12,19H,5,7,11,13H2,1-2H3/t19-/m1/s1. The molecule has 2 aliphatic rings. The molecule has 0 N–H and O–H groups in total. The minimum Gasteiger partial charge on any atom is -0.476 e. The summed E-state index contributed by atoms with van der Waals surface area (Å²) in [6.07, 6.45) is 2.09. The van der Waals surface area contributed by atoms with Gasteiger partial charge in [-0.3, -0.25) is 9.10 Å². The number of para-hydroxylation sites is 1. The van der Waals surface area contributed by atoms with Crippen molar-refractivity contribution in [3.8, 4) is 5.75 Å². The van der Waals surface area contributed by atoms with Crippen LogP contribution in [-0.4, -0.2) is 39.8 Å². The number of hydrogen-bond acceptors (Lipinski definition) is 4. The number of nitrogens with zero attached hydrogens (tertiary/aromatic N) is 2. The highest BCUT2D eigenvalue weighted by Gasteiger charge is 2.38. The van der Waals surface area contributed by atoms with E-state index in [2.05, 4.69) is 0 Å². The highest BCUT2D eigenvalue weighted by atomic mass is 32.2. The number of benzene rings is 2. The molecule has 7 heteroatoms. The Kier molecular flexibility index (Phi) is 4.34. The molecule has 2 aromatic rings. The van der Waals surface area contributed by atoms with Gasteiger partial charge in [-0.05, 0) is 49.1 Å². The van der Waals surface area contributed by atoms with E-state index in [0.717, 1.165) is 35.9 Å². The Labute approximate surface area is 159 Å². The summed E-state index contributed by atoms with van der Waals surface area (Å²) in [6.45, 7) is 2.48. The second-order valence-electron chi connectivity index (χ2n) is 7.09. The third-order valence-electron chi connectivity index (χ3n) is 5.04. The summed E-state index contributed by atoms with van der Waals surface area (Å²) >= 11 is 0. The van der Waals surface area contributed by atoms with Crippen LogP contribution in [0.25, 0.3) is 0 Å². The van der Waals surface area contributed by atoms with Crippen LogP contribution >= 0.6 is 0 Å². The van der Waals surface area contributed by atoms with Crippen molar-refractivity contribution in [2.75, 3.05) is 28.6 Å². The van der Waals surface area contributed by atoms with E-state index in [-0.39, 0.29) is 12.5 Å². The van der Waals surface area contributed by atoms with E-state index in [4.69, 9.17) is 4.74 Å². The highest BCUT2D eigenvalue weighted by molar-refractivity contribution is 7.92. The Balaban J connectivity index is 1.69. The number of sulfonamides is 1. The zero-order valence-corrected chi connectivity index (χ0v) is 16.2. The smallest absolute Gasteiger partial charge is 0.269 e. The molecule has 0 fully saturated rings. The van der Waals surface area contributed by atoms with E-state index in [1.165, 1.54) is 4.31 Å². The van der Waals surface area contributed by atoms with Gasteiger partial charge in [0, 0.05) is 12.2 Å². The minimum atomic E-state index is -3.53. The molecular formula is C20H22N2O4S. The molecular weight excluding hydrogens is 364 g/mol. The largest absolute Gasteiger partial charge is 0.476 e. The van der Waals surface area contributed by atoms with Crippen LogP contribution in [0.3, 0.4) is 0 Å². The summed E-state index contributed by atoms with van der Waals surface area (Å²) in [7, 11) is -3.53. The average molecular weight is 386 g/mol. The van der Waals surface area contributed by atoms with Crippen LogP contribution in [0.1, 0.15) is 17.5 Å². The lowest BCUT2D eigenvalue weighted by Crippen LogP contribution is -2.52. The monoisotopic (exact) mass is 386 g/mol. The fourth-order valence-corrected chi connectivity index (χ4v) is 4.65. The van der Waals surface area contributed by atoms with Crippen molar-refractivity contribution in [2.24, 2.45) is 0 Å². The van der Waals surface area contributed by atoms with Crippen molar-refractivity contribution in [3.05, 3.63) is 53.6 Å². The quantitative estimate of drug-likeness (QED) is 0.795. The molecule has 0 bridgehead atoms. The maximum Gasteiger partial charge on any atom is 0.269 e. The number of aryl methyl sites for hydroxylation is 2. The SMILES string of the molecule is Cc1ccc2c(c1)N(S(C)(=O)=O)C[C@H](C(=O)N1CCCc3ccccc31)O2. The molecule has 0 spiro atoms. The van der Waals surface area contributed by atoms with Crippen LogP contribution < -0.4 is 13.9 Å². The summed E-state index contributed by atoms with van der Waals surface area (Å²) in [4.78, 5) is 15.0. The van der Waals surface area contributed by atoms with Crippen LogP contribution in [0, 0.1) is 6.92 Å². The third-order valence-corrected chi connectivity index (χ3v) is 6.18. The highest BCUT2D eigenvalue weighted by Crippen LogP contribution is 2.37. The van der Waals surface area contributed by atoms with Crippen molar-refractivity contribution in [1.29, 1.82) is 0 Å². The van der Waals surface area contributed by atoms with E-state index in [1.54, 1.807) is 17.0 Å². The van der Waals surface area contributed by atoms with Gasteiger partial charge in [0.15, 0.2) is 6.10 Å². The first-order chi connectivity index (χ1) is 12.8. The lowest BCUT2D eigenvalue weighted by atomic mass is 10.0. The Morgan fingerprint density at radius 2 is 1.93 bits per heavy atom. The first kappa shape index (κ1) is 17.9. The first-order valence-electron chi connectivity index (χ1n) is 8.99. The van der Waals surface area contributed by atoms with Crippen LogP contribution in [0.2, 0.25) is 0 Å². The van der Waals surface area contributed by atoms with Gasteiger partial charge in [-0.15, -0.1) is 0 Å². The molecule has 0 radical (unpaired) electrons. The molecule has 0 aromatic heterocycles. The molecule has 2 aliphatic heterocycles. The van der Waals surface area contributed by atoms with Gasteiger partial charge in [0.2, 0.25) is 10.0 Å². The predicted octanol–water partition coefficient (Wildman–Crippen LogP) is 2.50. The van der Waals surface area contributed by atoms with Gasteiger partial charge in [0.1, 0.15) is 5.75 Å². The molecule has 4 rings (SSSR count). The van der Waals surface area contributed by atoms with Gasteiger partial charge < -0.3 is 9.64 Å². The molecule has 0 saturated heterocycles. The molecule has 142 valence electrons. The fraction of sp³-hybridized carbons (Fsp3) is 0.350. The zero-order chi connectivity index (χ0) is 19.2. The summed E-state index contributed by atoms with van der Waals surface area (Å²) in [6, 6.07) is 13.2. The summed E-state index contributed by atoms with van der Waals surface area (Å²) in [5, 5.41) is 0. The van der Waals surface area contributed by atoms with Crippen LogP contribution in [0.5, 0.6) is 5.75 Å².